The van der Waals surface area contributed by atoms with Crippen molar-refractivity contribution in [2.45, 2.75) is 13.5 Å². The Labute approximate surface area is 139 Å². The molecule has 0 N–H and O–H groups in total. The lowest BCUT2D eigenvalue weighted by molar-refractivity contribution is -0.684. The largest absolute Gasteiger partial charge is 1.00 e. The number of nitrogens with zero attached hydrogens (tertiary/aromatic N) is 1. The van der Waals surface area contributed by atoms with Crippen molar-refractivity contribution in [3.8, 4) is 0 Å². The predicted octanol–water partition coefficient (Wildman–Crippen LogP) is 0.694. The molecular formula is C14H12Br3NO. The van der Waals surface area contributed by atoms with Crippen LogP contribution in [-0.4, -0.2) is 5.78 Å². The maximum atomic E-state index is 12.1. The summed E-state index contributed by atoms with van der Waals surface area (Å²) in [5.74, 6) is 0.102. The molecule has 2 aromatic rings. The van der Waals surface area contributed by atoms with Crippen molar-refractivity contribution in [2.24, 2.45) is 0 Å². The summed E-state index contributed by atoms with van der Waals surface area (Å²) in [5.41, 5.74) is 1.90. The highest BCUT2D eigenvalue weighted by Crippen LogP contribution is 2.13. The zero-order valence-corrected chi connectivity index (χ0v) is 15.0. The third kappa shape index (κ3) is 4.82. The third-order valence-corrected chi connectivity index (χ3v) is 3.42. The monoisotopic (exact) mass is 447 g/mol. The molecule has 1 heterocycles. The quantitative estimate of drug-likeness (QED) is 0.499. The Morgan fingerprint density at radius 3 is 2.16 bits per heavy atom. The fraction of sp³-hybridized carbons (Fsp3) is 0.143. The Hall–Kier alpha value is -0.520. The Morgan fingerprint density at radius 2 is 1.63 bits per heavy atom. The highest BCUT2D eigenvalue weighted by atomic mass is 79.9. The van der Waals surface area contributed by atoms with Crippen LogP contribution < -0.4 is 21.5 Å². The molecule has 0 amide bonds. The summed E-state index contributed by atoms with van der Waals surface area (Å²) in [7, 11) is 0. The van der Waals surface area contributed by atoms with Gasteiger partial charge in [-0.15, -0.1) is 0 Å². The van der Waals surface area contributed by atoms with Crippen molar-refractivity contribution < 1.29 is 26.3 Å². The molecule has 0 fully saturated rings. The third-order valence-electron chi connectivity index (χ3n) is 2.55. The van der Waals surface area contributed by atoms with Crippen LogP contribution in [0.25, 0.3) is 0 Å². The standard InChI is InChI=1S/C14H12Br2NO.BrH/c1-10-2-4-11(5-3-10)14(18)9-17-7-12(15)6-13(16)8-17;/h2-8H,9H2,1H3;1H/q+1;/p-1. The lowest BCUT2D eigenvalue weighted by atomic mass is 10.1. The number of benzene rings is 1. The van der Waals surface area contributed by atoms with E-state index < -0.39 is 0 Å². The van der Waals surface area contributed by atoms with Gasteiger partial charge in [0, 0.05) is 5.56 Å². The van der Waals surface area contributed by atoms with Gasteiger partial charge in [-0.25, -0.2) is 0 Å². The SMILES string of the molecule is Cc1ccc(C(=O)C[n+]2cc(Br)cc(Br)c2)cc1.[Br-]. The van der Waals surface area contributed by atoms with Crippen LogP contribution in [-0.2, 0) is 6.54 Å². The molecule has 0 unspecified atom stereocenters. The van der Waals surface area contributed by atoms with Crippen LogP contribution in [0, 0.1) is 6.92 Å². The predicted molar refractivity (Wildman–Crippen MR) is 77.5 cm³/mol. The molecule has 100 valence electrons. The van der Waals surface area contributed by atoms with Gasteiger partial charge >= 0.3 is 0 Å². The van der Waals surface area contributed by atoms with E-state index in [1.165, 1.54) is 0 Å². The van der Waals surface area contributed by atoms with Gasteiger partial charge in [-0.05, 0) is 44.8 Å². The average molecular weight is 450 g/mol. The number of aryl methyl sites for hydroxylation is 1. The number of pyridine rings is 1. The number of rotatable bonds is 3. The summed E-state index contributed by atoms with van der Waals surface area (Å²) in [6, 6.07) is 9.58. The molecule has 0 saturated heterocycles. The van der Waals surface area contributed by atoms with Gasteiger partial charge in [-0.3, -0.25) is 4.79 Å². The van der Waals surface area contributed by atoms with E-state index in [1.807, 2.05) is 54.2 Å². The van der Waals surface area contributed by atoms with Gasteiger partial charge in [0.15, 0.2) is 12.4 Å². The van der Waals surface area contributed by atoms with Crippen LogP contribution in [0.5, 0.6) is 0 Å². The Balaban J connectivity index is 0.00000180. The first-order valence-electron chi connectivity index (χ1n) is 5.49. The van der Waals surface area contributed by atoms with Crippen molar-refractivity contribution in [1.29, 1.82) is 0 Å². The minimum Gasteiger partial charge on any atom is -1.00 e. The summed E-state index contributed by atoms with van der Waals surface area (Å²) < 4.78 is 3.73. The van der Waals surface area contributed by atoms with Crippen molar-refractivity contribution >= 4 is 37.6 Å². The first-order chi connectivity index (χ1) is 8.54. The zero-order valence-electron chi connectivity index (χ0n) is 10.2. The fourth-order valence-electron chi connectivity index (χ4n) is 1.65. The molecule has 0 aliphatic carbocycles. The van der Waals surface area contributed by atoms with Crippen molar-refractivity contribution in [3.63, 3.8) is 0 Å². The summed E-state index contributed by atoms with van der Waals surface area (Å²) >= 11 is 6.81. The van der Waals surface area contributed by atoms with Gasteiger partial charge in [0.25, 0.3) is 0 Å². The lowest BCUT2D eigenvalue weighted by Gasteiger charge is -2.00. The summed E-state index contributed by atoms with van der Waals surface area (Å²) in [6.07, 6.45) is 3.77. The second-order valence-electron chi connectivity index (χ2n) is 4.13. The van der Waals surface area contributed by atoms with Crippen LogP contribution in [0.4, 0.5) is 0 Å². The van der Waals surface area contributed by atoms with Crippen LogP contribution in [0.1, 0.15) is 15.9 Å². The number of hydrogen-bond acceptors (Lipinski definition) is 1. The average Bonchev–Trinajstić information content (AvgIpc) is 2.28. The number of hydrogen-bond donors (Lipinski definition) is 0. The minimum atomic E-state index is 0. The lowest BCUT2D eigenvalue weighted by Crippen LogP contribution is -3.00. The van der Waals surface area contributed by atoms with E-state index in [0.29, 0.717) is 6.54 Å². The van der Waals surface area contributed by atoms with Crippen LogP contribution in [0.3, 0.4) is 0 Å². The molecule has 0 aliphatic heterocycles. The first-order valence-corrected chi connectivity index (χ1v) is 7.08. The molecule has 0 aliphatic rings. The molecule has 2 nitrogen and oxygen atoms in total. The molecule has 0 bridgehead atoms. The molecule has 5 heteroatoms. The number of ketones is 1. The van der Waals surface area contributed by atoms with Crippen molar-refractivity contribution in [3.05, 3.63) is 62.8 Å². The van der Waals surface area contributed by atoms with Gasteiger partial charge in [-0.2, -0.15) is 4.57 Å². The topological polar surface area (TPSA) is 20.9 Å². The Morgan fingerprint density at radius 1 is 1.11 bits per heavy atom. The van der Waals surface area contributed by atoms with Gasteiger partial charge in [0.05, 0.1) is 8.95 Å². The van der Waals surface area contributed by atoms with Gasteiger partial charge < -0.3 is 17.0 Å². The van der Waals surface area contributed by atoms with E-state index in [0.717, 1.165) is 20.1 Å². The summed E-state index contributed by atoms with van der Waals surface area (Å²) in [4.78, 5) is 12.1. The van der Waals surface area contributed by atoms with Gasteiger partial charge in [-0.1, -0.05) is 29.8 Å². The number of carbonyl (C=O) groups excluding carboxylic acids is 1. The van der Waals surface area contributed by atoms with E-state index >= 15 is 0 Å². The smallest absolute Gasteiger partial charge is 0.227 e. The Bertz CT molecular complexity index is 561. The number of carbonyl (C=O) groups is 1. The van der Waals surface area contributed by atoms with E-state index in [-0.39, 0.29) is 22.8 Å². The molecule has 0 atom stereocenters. The second kappa shape index (κ2) is 7.31. The minimum absolute atomic E-state index is 0. The molecule has 1 aromatic carbocycles. The van der Waals surface area contributed by atoms with Crippen molar-refractivity contribution in [1.82, 2.24) is 0 Å². The maximum absolute atomic E-state index is 12.1. The molecule has 19 heavy (non-hydrogen) atoms. The zero-order chi connectivity index (χ0) is 13.1. The van der Waals surface area contributed by atoms with Crippen LogP contribution in [0.15, 0.2) is 51.7 Å². The van der Waals surface area contributed by atoms with Gasteiger partial charge in [0.1, 0.15) is 0 Å². The number of halogens is 3. The van der Waals surface area contributed by atoms with Gasteiger partial charge in [0.2, 0.25) is 12.3 Å². The maximum Gasteiger partial charge on any atom is 0.227 e. The van der Waals surface area contributed by atoms with Crippen LogP contribution in [0.2, 0.25) is 0 Å². The van der Waals surface area contributed by atoms with E-state index in [9.17, 15) is 4.79 Å². The molecule has 1 aromatic heterocycles. The number of Topliss-reactive ketones (excluding diaryl/α,β-unsaturated/α-hetero) is 1. The molecular weight excluding hydrogens is 438 g/mol. The van der Waals surface area contributed by atoms with E-state index in [4.69, 9.17) is 0 Å². The highest BCUT2D eigenvalue weighted by Gasteiger charge is 2.13. The van der Waals surface area contributed by atoms with E-state index in [2.05, 4.69) is 31.9 Å². The highest BCUT2D eigenvalue weighted by molar-refractivity contribution is 9.11. The van der Waals surface area contributed by atoms with Crippen molar-refractivity contribution in [2.75, 3.05) is 0 Å². The molecule has 0 radical (unpaired) electrons. The van der Waals surface area contributed by atoms with E-state index in [1.54, 1.807) is 0 Å². The fourth-order valence-corrected chi connectivity index (χ4v) is 2.97. The normalized spacial score (nSPS) is 9.84. The Kier molecular flexibility index (Phi) is 6.36. The molecule has 0 spiro atoms. The number of aromatic nitrogens is 1. The molecule has 2 rings (SSSR count). The second-order valence-corrected chi connectivity index (χ2v) is 5.97. The first kappa shape index (κ1) is 16.5. The van der Waals surface area contributed by atoms with Crippen LogP contribution >= 0.6 is 31.9 Å². The molecule has 0 saturated carbocycles. The summed E-state index contributed by atoms with van der Waals surface area (Å²) in [6.45, 7) is 2.34. The summed E-state index contributed by atoms with van der Waals surface area (Å²) in [5, 5.41) is 0.